The largest absolute Gasteiger partial charge is 0.481 e. The first-order valence-corrected chi connectivity index (χ1v) is 7.69. The highest BCUT2D eigenvalue weighted by Crippen LogP contribution is 2.26. The number of hydrogen-bond acceptors (Lipinski definition) is 2. The van der Waals surface area contributed by atoms with Gasteiger partial charge in [-0.3, -0.25) is 4.79 Å². The summed E-state index contributed by atoms with van der Waals surface area (Å²) in [5, 5.41) is 4.21. The number of carbonyl (C=O) groups is 1. The van der Waals surface area contributed by atoms with E-state index in [1.165, 1.54) is 0 Å². The highest BCUT2D eigenvalue weighted by molar-refractivity contribution is 6.35. The first-order chi connectivity index (χ1) is 10.4. The molecular weight excluding hydrogens is 345 g/mol. The molecule has 0 aliphatic carbocycles. The third kappa shape index (κ3) is 4.29. The van der Waals surface area contributed by atoms with Crippen LogP contribution in [0.4, 0.5) is 5.69 Å². The van der Waals surface area contributed by atoms with Crippen molar-refractivity contribution in [2.24, 2.45) is 0 Å². The average molecular weight is 359 g/mol. The van der Waals surface area contributed by atoms with Gasteiger partial charge in [0.05, 0.1) is 10.7 Å². The zero-order chi connectivity index (χ0) is 16.3. The van der Waals surface area contributed by atoms with Crippen LogP contribution in [-0.4, -0.2) is 12.0 Å². The molecule has 116 valence electrons. The molecule has 0 radical (unpaired) electrons. The fourth-order valence-corrected chi connectivity index (χ4v) is 2.38. The first-order valence-electron chi connectivity index (χ1n) is 6.55. The van der Waals surface area contributed by atoms with E-state index in [9.17, 15) is 4.79 Å². The van der Waals surface area contributed by atoms with Crippen molar-refractivity contribution in [3.63, 3.8) is 0 Å². The number of aryl methyl sites for hydroxylation is 1. The Kier molecular flexibility index (Phi) is 5.57. The lowest BCUT2D eigenvalue weighted by Gasteiger charge is -2.17. The standard InChI is InChI=1S/C16H14Cl3NO2/c1-9-7-11(17)4-6-15(9)22-10(2)16(21)20-14-8-12(18)3-5-13(14)19/h3-8,10H,1-2H3,(H,20,21)/t10-/m1/s1. The molecule has 22 heavy (non-hydrogen) atoms. The van der Waals surface area contributed by atoms with Crippen LogP contribution in [0.15, 0.2) is 36.4 Å². The molecule has 1 amide bonds. The van der Waals surface area contributed by atoms with Crippen LogP contribution in [0.2, 0.25) is 15.1 Å². The number of nitrogens with one attached hydrogen (secondary N) is 1. The number of benzene rings is 2. The van der Waals surface area contributed by atoms with Crippen LogP contribution in [0.1, 0.15) is 12.5 Å². The van der Waals surface area contributed by atoms with E-state index in [4.69, 9.17) is 39.5 Å². The number of ether oxygens (including phenoxy) is 1. The Hall–Kier alpha value is -1.42. The Morgan fingerprint density at radius 2 is 1.73 bits per heavy atom. The molecule has 1 atom stereocenters. The zero-order valence-corrected chi connectivity index (χ0v) is 14.3. The third-order valence-electron chi connectivity index (χ3n) is 3.00. The number of anilines is 1. The first kappa shape index (κ1) is 16.9. The van der Waals surface area contributed by atoms with E-state index in [0.717, 1.165) is 5.56 Å². The summed E-state index contributed by atoms with van der Waals surface area (Å²) in [5.74, 6) is 0.280. The van der Waals surface area contributed by atoms with E-state index < -0.39 is 6.10 Å². The van der Waals surface area contributed by atoms with Crippen LogP contribution in [0.25, 0.3) is 0 Å². The van der Waals surface area contributed by atoms with E-state index in [1.54, 1.807) is 43.3 Å². The molecule has 0 saturated heterocycles. The van der Waals surface area contributed by atoms with E-state index in [2.05, 4.69) is 5.32 Å². The van der Waals surface area contributed by atoms with Crippen LogP contribution >= 0.6 is 34.8 Å². The second-order valence-electron chi connectivity index (χ2n) is 4.78. The summed E-state index contributed by atoms with van der Waals surface area (Å²) in [5.41, 5.74) is 1.30. The maximum Gasteiger partial charge on any atom is 0.265 e. The van der Waals surface area contributed by atoms with Crippen molar-refractivity contribution in [1.82, 2.24) is 0 Å². The lowest BCUT2D eigenvalue weighted by molar-refractivity contribution is -0.122. The van der Waals surface area contributed by atoms with Crippen LogP contribution in [0, 0.1) is 6.92 Å². The number of rotatable bonds is 4. The van der Waals surface area contributed by atoms with Gasteiger partial charge < -0.3 is 10.1 Å². The van der Waals surface area contributed by atoms with Gasteiger partial charge in [-0.1, -0.05) is 34.8 Å². The van der Waals surface area contributed by atoms with Crippen molar-refractivity contribution in [3.05, 3.63) is 57.0 Å². The zero-order valence-electron chi connectivity index (χ0n) is 12.0. The molecule has 2 aromatic carbocycles. The Morgan fingerprint density at radius 3 is 2.41 bits per heavy atom. The van der Waals surface area contributed by atoms with Gasteiger partial charge in [0.1, 0.15) is 5.75 Å². The van der Waals surface area contributed by atoms with Gasteiger partial charge in [0.2, 0.25) is 0 Å². The summed E-state index contributed by atoms with van der Waals surface area (Å²) < 4.78 is 5.66. The molecular formula is C16H14Cl3NO2. The normalized spacial score (nSPS) is 11.9. The van der Waals surface area contributed by atoms with Gasteiger partial charge in [-0.2, -0.15) is 0 Å². The van der Waals surface area contributed by atoms with Crippen LogP contribution in [0.5, 0.6) is 5.75 Å². The van der Waals surface area contributed by atoms with Gasteiger partial charge in [0.25, 0.3) is 5.91 Å². The summed E-state index contributed by atoms with van der Waals surface area (Å²) in [4.78, 5) is 12.2. The van der Waals surface area contributed by atoms with Gasteiger partial charge in [0, 0.05) is 10.0 Å². The maximum absolute atomic E-state index is 12.2. The predicted molar refractivity (Wildman–Crippen MR) is 91.4 cm³/mol. The van der Waals surface area contributed by atoms with Crippen LogP contribution in [-0.2, 0) is 4.79 Å². The van der Waals surface area contributed by atoms with Crippen molar-refractivity contribution in [2.75, 3.05) is 5.32 Å². The minimum atomic E-state index is -0.699. The molecule has 0 saturated carbocycles. The predicted octanol–water partition coefficient (Wildman–Crippen LogP) is 5.36. The molecule has 3 nitrogen and oxygen atoms in total. The number of halogens is 3. The fourth-order valence-electron chi connectivity index (χ4n) is 1.82. The minimum Gasteiger partial charge on any atom is -0.481 e. The highest BCUT2D eigenvalue weighted by Gasteiger charge is 2.17. The van der Waals surface area contributed by atoms with E-state index in [0.29, 0.717) is 26.5 Å². The lowest BCUT2D eigenvalue weighted by Crippen LogP contribution is -2.30. The van der Waals surface area contributed by atoms with Crippen molar-refractivity contribution in [2.45, 2.75) is 20.0 Å². The second-order valence-corrected chi connectivity index (χ2v) is 6.06. The number of carbonyl (C=O) groups excluding carboxylic acids is 1. The molecule has 6 heteroatoms. The fraction of sp³-hybridized carbons (Fsp3) is 0.188. The van der Waals surface area contributed by atoms with Gasteiger partial charge >= 0.3 is 0 Å². The minimum absolute atomic E-state index is 0.321. The lowest BCUT2D eigenvalue weighted by atomic mass is 10.2. The SMILES string of the molecule is Cc1cc(Cl)ccc1O[C@H](C)C(=O)Nc1cc(Cl)ccc1Cl. The van der Waals surface area contributed by atoms with Gasteiger partial charge in [-0.05, 0) is 55.8 Å². The molecule has 0 fully saturated rings. The number of amides is 1. The maximum atomic E-state index is 12.2. The molecule has 0 spiro atoms. The summed E-state index contributed by atoms with van der Waals surface area (Å²) >= 11 is 17.8. The Morgan fingerprint density at radius 1 is 1.09 bits per heavy atom. The average Bonchev–Trinajstić information content (AvgIpc) is 2.45. The number of hydrogen-bond donors (Lipinski definition) is 1. The van der Waals surface area contributed by atoms with Gasteiger partial charge in [-0.25, -0.2) is 0 Å². The Bertz CT molecular complexity index is 704. The molecule has 2 rings (SSSR count). The van der Waals surface area contributed by atoms with E-state index >= 15 is 0 Å². The van der Waals surface area contributed by atoms with Gasteiger partial charge in [0.15, 0.2) is 6.10 Å². The summed E-state index contributed by atoms with van der Waals surface area (Å²) in [7, 11) is 0. The van der Waals surface area contributed by atoms with E-state index in [-0.39, 0.29) is 5.91 Å². The second kappa shape index (κ2) is 7.23. The molecule has 1 N–H and O–H groups in total. The molecule has 0 unspecified atom stereocenters. The summed E-state index contributed by atoms with van der Waals surface area (Å²) in [6.45, 7) is 3.52. The molecule has 0 bridgehead atoms. The van der Waals surface area contributed by atoms with Crippen LogP contribution < -0.4 is 10.1 Å². The Labute approximate surface area is 144 Å². The molecule has 2 aromatic rings. The summed E-state index contributed by atoms with van der Waals surface area (Å²) in [6, 6.07) is 10.1. The topological polar surface area (TPSA) is 38.3 Å². The summed E-state index contributed by atoms with van der Waals surface area (Å²) in [6.07, 6.45) is -0.699. The monoisotopic (exact) mass is 357 g/mol. The molecule has 0 aromatic heterocycles. The third-order valence-corrected chi connectivity index (χ3v) is 3.80. The highest BCUT2D eigenvalue weighted by atomic mass is 35.5. The van der Waals surface area contributed by atoms with Crippen molar-refractivity contribution < 1.29 is 9.53 Å². The smallest absolute Gasteiger partial charge is 0.265 e. The van der Waals surface area contributed by atoms with Crippen molar-refractivity contribution >= 4 is 46.4 Å². The molecule has 0 aliphatic heterocycles. The Balaban J connectivity index is 2.07. The molecule has 0 aliphatic rings. The molecule has 0 heterocycles. The quantitative estimate of drug-likeness (QED) is 0.799. The van der Waals surface area contributed by atoms with Crippen molar-refractivity contribution in [1.29, 1.82) is 0 Å². The van der Waals surface area contributed by atoms with Crippen molar-refractivity contribution in [3.8, 4) is 5.75 Å². The van der Waals surface area contributed by atoms with Gasteiger partial charge in [-0.15, -0.1) is 0 Å². The van der Waals surface area contributed by atoms with E-state index in [1.807, 2.05) is 6.92 Å². The van der Waals surface area contributed by atoms with Crippen LogP contribution in [0.3, 0.4) is 0 Å².